The third-order valence-electron chi connectivity index (χ3n) is 6.64. The maximum absolute atomic E-state index is 13.8. The topological polar surface area (TPSA) is 34.4 Å². The molecule has 170 valence electrons. The van der Waals surface area contributed by atoms with E-state index >= 15 is 0 Å². The van der Waals surface area contributed by atoms with Crippen LogP contribution in [0.5, 0.6) is 0 Å². The lowest BCUT2D eigenvalue weighted by atomic mass is 9.97. The van der Waals surface area contributed by atoms with Gasteiger partial charge in [0.1, 0.15) is 0 Å². The second-order valence-electron chi connectivity index (χ2n) is 8.84. The van der Waals surface area contributed by atoms with Crippen LogP contribution >= 0.6 is 11.3 Å². The smallest absolute Gasteiger partial charge is 0.266 e. The van der Waals surface area contributed by atoms with Gasteiger partial charge in [-0.25, -0.2) is 9.38 Å². The molecule has 7 aromatic rings. The molecule has 0 aliphatic rings. The second-order valence-corrected chi connectivity index (χ2v) is 9.85. The number of hydrogen-bond acceptors (Lipinski definition) is 3. The highest BCUT2D eigenvalue weighted by Gasteiger charge is 2.17. The molecule has 0 atom stereocenters. The van der Waals surface area contributed by atoms with E-state index in [4.69, 9.17) is 4.98 Å². The average Bonchev–Trinajstić information content (AvgIpc) is 3.32. The lowest BCUT2D eigenvalue weighted by molar-refractivity contribution is 1.20. The number of imidazole rings is 1. The Morgan fingerprint density at radius 2 is 1.19 bits per heavy atom. The minimum atomic E-state index is -0.0370. The van der Waals surface area contributed by atoms with Crippen molar-refractivity contribution in [2.45, 2.75) is 0 Å². The standard InChI is InChI=1S/C32H20N2OS/c35-31-26-17-16-24(21-10-4-1-5-11-21)20-29(26)36-32-33-30-27(23-14-8-3-9-15-23)18-25(19-28(30)34(31)32)22-12-6-2-7-13-22/h1-20H. The second kappa shape index (κ2) is 8.29. The van der Waals surface area contributed by atoms with E-state index in [1.807, 2.05) is 66.7 Å². The van der Waals surface area contributed by atoms with Gasteiger partial charge in [-0.2, -0.15) is 0 Å². The van der Waals surface area contributed by atoms with E-state index in [9.17, 15) is 4.79 Å². The van der Waals surface area contributed by atoms with Gasteiger partial charge in [-0.05, 0) is 52.1 Å². The zero-order valence-electron chi connectivity index (χ0n) is 19.3. The van der Waals surface area contributed by atoms with E-state index in [0.717, 1.165) is 49.1 Å². The molecule has 2 aromatic heterocycles. The Balaban J connectivity index is 1.55. The van der Waals surface area contributed by atoms with E-state index < -0.39 is 0 Å². The molecule has 0 amide bonds. The molecule has 7 rings (SSSR count). The Bertz CT molecular complexity index is 1940. The van der Waals surface area contributed by atoms with Crippen molar-refractivity contribution in [3.05, 3.63) is 132 Å². The van der Waals surface area contributed by atoms with Crippen LogP contribution in [-0.2, 0) is 0 Å². The first-order chi connectivity index (χ1) is 17.8. The van der Waals surface area contributed by atoms with Gasteiger partial charge in [-0.1, -0.05) is 108 Å². The summed E-state index contributed by atoms with van der Waals surface area (Å²) in [5.74, 6) is 0. The lowest BCUT2D eigenvalue weighted by Gasteiger charge is -2.08. The summed E-state index contributed by atoms with van der Waals surface area (Å²) in [4.78, 5) is 19.6. The van der Waals surface area contributed by atoms with Crippen LogP contribution in [0.15, 0.2) is 126 Å². The van der Waals surface area contributed by atoms with Crippen LogP contribution in [0.2, 0.25) is 0 Å². The van der Waals surface area contributed by atoms with Gasteiger partial charge in [0.05, 0.1) is 16.4 Å². The Kier molecular flexibility index (Phi) is 4.79. The fourth-order valence-electron chi connectivity index (χ4n) is 4.87. The molecular formula is C32H20N2OS. The average molecular weight is 481 g/mol. The number of hydrogen-bond donors (Lipinski definition) is 0. The maximum atomic E-state index is 13.8. The van der Waals surface area contributed by atoms with E-state index in [0.29, 0.717) is 10.3 Å². The Morgan fingerprint density at radius 3 is 1.86 bits per heavy atom. The van der Waals surface area contributed by atoms with Crippen LogP contribution in [-0.4, -0.2) is 9.38 Å². The van der Waals surface area contributed by atoms with Gasteiger partial charge >= 0.3 is 0 Å². The molecule has 5 aromatic carbocycles. The van der Waals surface area contributed by atoms with Crippen molar-refractivity contribution < 1.29 is 0 Å². The fraction of sp³-hybridized carbons (Fsp3) is 0. The molecule has 0 bridgehead atoms. The number of benzene rings is 5. The molecule has 3 nitrogen and oxygen atoms in total. The van der Waals surface area contributed by atoms with Gasteiger partial charge < -0.3 is 0 Å². The molecule has 2 heterocycles. The van der Waals surface area contributed by atoms with Crippen LogP contribution < -0.4 is 5.56 Å². The predicted octanol–water partition coefficient (Wildman–Crippen LogP) is 8.06. The molecule has 0 N–H and O–H groups in total. The minimum Gasteiger partial charge on any atom is -0.268 e. The predicted molar refractivity (Wildman–Crippen MR) is 151 cm³/mol. The van der Waals surface area contributed by atoms with Crippen LogP contribution in [0.25, 0.3) is 59.5 Å². The first kappa shape index (κ1) is 20.8. The highest BCUT2D eigenvalue weighted by Crippen LogP contribution is 2.36. The third-order valence-corrected chi connectivity index (χ3v) is 7.66. The number of nitrogens with zero attached hydrogens (tertiary/aromatic N) is 2. The normalized spacial score (nSPS) is 11.4. The van der Waals surface area contributed by atoms with Crippen molar-refractivity contribution in [2.75, 3.05) is 0 Å². The van der Waals surface area contributed by atoms with Gasteiger partial charge in [0.15, 0.2) is 4.96 Å². The van der Waals surface area contributed by atoms with Crippen LogP contribution in [0, 0.1) is 0 Å². The first-order valence-electron chi connectivity index (χ1n) is 11.9. The van der Waals surface area contributed by atoms with E-state index in [1.165, 1.54) is 0 Å². The van der Waals surface area contributed by atoms with Crippen molar-refractivity contribution in [2.24, 2.45) is 0 Å². The maximum Gasteiger partial charge on any atom is 0.266 e. The summed E-state index contributed by atoms with van der Waals surface area (Å²) in [5, 5.41) is 0.706. The molecule has 0 spiro atoms. The third kappa shape index (κ3) is 3.35. The molecule has 0 radical (unpaired) electrons. The Labute approximate surface area is 211 Å². The largest absolute Gasteiger partial charge is 0.268 e. The molecule has 4 heteroatoms. The van der Waals surface area contributed by atoms with Crippen molar-refractivity contribution in [1.82, 2.24) is 9.38 Å². The quantitative estimate of drug-likeness (QED) is 0.256. The summed E-state index contributed by atoms with van der Waals surface area (Å²) in [6.45, 7) is 0. The molecule has 36 heavy (non-hydrogen) atoms. The summed E-state index contributed by atoms with van der Waals surface area (Å²) >= 11 is 1.56. The molecule has 0 aliphatic carbocycles. The highest BCUT2D eigenvalue weighted by molar-refractivity contribution is 7.23. The monoisotopic (exact) mass is 480 g/mol. The van der Waals surface area contributed by atoms with Gasteiger partial charge in [0, 0.05) is 10.3 Å². The van der Waals surface area contributed by atoms with E-state index in [-0.39, 0.29) is 5.56 Å². The van der Waals surface area contributed by atoms with Gasteiger partial charge in [0.2, 0.25) is 0 Å². The molecule has 0 aliphatic heterocycles. The van der Waals surface area contributed by atoms with Gasteiger partial charge in [-0.15, -0.1) is 0 Å². The highest BCUT2D eigenvalue weighted by atomic mass is 32.1. The van der Waals surface area contributed by atoms with E-state index in [2.05, 4.69) is 54.6 Å². The summed E-state index contributed by atoms with van der Waals surface area (Å²) < 4.78 is 2.72. The van der Waals surface area contributed by atoms with E-state index in [1.54, 1.807) is 15.7 Å². The molecule has 0 saturated carbocycles. The first-order valence-corrected chi connectivity index (χ1v) is 12.7. The summed E-state index contributed by atoms with van der Waals surface area (Å²) in [6.07, 6.45) is 0. The molecular weight excluding hydrogens is 460 g/mol. The fourth-order valence-corrected chi connectivity index (χ4v) is 5.93. The van der Waals surface area contributed by atoms with Crippen LogP contribution in [0.1, 0.15) is 0 Å². The summed E-state index contributed by atoms with van der Waals surface area (Å²) in [7, 11) is 0. The van der Waals surface area contributed by atoms with Gasteiger partial charge in [0.25, 0.3) is 5.56 Å². The SMILES string of the molecule is O=c1c2ccc(-c3ccccc3)cc2sc2nc3c(-c4ccccc4)cc(-c4ccccc4)cc3n12. The molecule has 0 unspecified atom stereocenters. The zero-order chi connectivity index (χ0) is 24.1. The van der Waals surface area contributed by atoms with Crippen molar-refractivity contribution in [3.8, 4) is 33.4 Å². The van der Waals surface area contributed by atoms with Crippen molar-refractivity contribution in [1.29, 1.82) is 0 Å². The number of aromatic nitrogens is 2. The number of rotatable bonds is 3. The molecule has 0 saturated heterocycles. The van der Waals surface area contributed by atoms with Gasteiger partial charge in [-0.3, -0.25) is 4.79 Å². The Hall–Kier alpha value is -4.54. The summed E-state index contributed by atoms with van der Waals surface area (Å²) in [6, 6.07) is 41.2. The van der Waals surface area contributed by atoms with Crippen molar-refractivity contribution >= 4 is 37.4 Å². The lowest BCUT2D eigenvalue weighted by Crippen LogP contribution is -2.11. The minimum absolute atomic E-state index is 0.0370. The number of fused-ring (bicyclic) bond motifs is 4. The van der Waals surface area contributed by atoms with Crippen molar-refractivity contribution in [3.63, 3.8) is 0 Å². The molecule has 0 fully saturated rings. The van der Waals surface area contributed by atoms with Crippen LogP contribution in [0.3, 0.4) is 0 Å². The Morgan fingerprint density at radius 1 is 0.583 bits per heavy atom. The van der Waals surface area contributed by atoms with Crippen LogP contribution in [0.4, 0.5) is 0 Å². The summed E-state index contributed by atoms with van der Waals surface area (Å²) in [5.41, 5.74) is 8.14. The zero-order valence-corrected chi connectivity index (χ0v) is 20.1.